The number of aromatic nitrogens is 3. The summed E-state index contributed by atoms with van der Waals surface area (Å²) in [7, 11) is 0. The van der Waals surface area contributed by atoms with E-state index in [1.165, 1.54) is 24.3 Å². The molecule has 5 aliphatic rings. The quantitative estimate of drug-likeness (QED) is 0.237. The highest BCUT2D eigenvalue weighted by Crippen LogP contribution is 2.44. The number of nitrogens with zero attached hydrogens (tertiary/aromatic N) is 5. The number of halogens is 2. The number of ether oxygens (including phenoxy) is 1. The van der Waals surface area contributed by atoms with Gasteiger partial charge in [-0.05, 0) is 74.4 Å². The fraction of sp³-hybridized carbons (Fsp3) is 0.472. The number of aromatic hydroxyl groups is 1. The van der Waals surface area contributed by atoms with E-state index >= 15 is 4.39 Å². The van der Waals surface area contributed by atoms with Crippen LogP contribution < -0.4 is 15.0 Å². The van der Waals surface area contributed by atoms with Crippen molar-refractivity contribution in [3.05, 3.63) is 47.7 Å². The lowest BCUT2D eigenvalue weighted by Gasteiger charge is -2.38. The van der Waals surface area contributed by atoms with Crippen molar-refractivity contribution in [2.24, 2.45) is 0 Å². The molecule has 5 fully saturated rings. The summed E-state index contributed by atoms with van der Waals surface area (Å²) in [6.07, 6.45) is 13.7. The van der Waals surface area contributed by atoms with Crippen LogP contribution in [0.4, 0.5) is 14.6 Å². The molecule has 5 aliphatic heterocycles. The number of hydrogen-bond acceptors (Lipinski definition) is 9. The number of fused-ring (bicyclic) bond motifs is 7. The van der Waals surface area contributed by atoms with Gasteiger partial charge in [-0.2, -0.15) is 21.7 Å². The first-order valence-electron chi connectivity index (χ1n) is 16.7. The number of rotatable bonds is 7. The van der Waals surface area contributed by atoms with Crippen molar-refractivity contribution < 1.29 is 18.6 Å². The summed E-state index contributed by atoms with van der Waals surface area (Å²) in [5.41, 5.74) is 0.0969. The number of piperazine rings is 1. The highest BCUT2D eigenvalue weighted by molar-refractivity contribution is 7.99. The van der Waals surface area contributed by atoms with E-state index in [-0.39, 0.29) is 45.7 Å². The molecule has 4 atom stereocenters. The maximum Gasteiger partial charge on any atom is 0.319 e. The van der Waals surface area contributed by atoms with Crippen molar-refractivity contribution in [2.75, 3.05) is 43.4 Å². The zero-order chi connectivity index (χ0) is 32.3. The van der Waals surface area contributed by atoms with Crippen molar-refractivity contribution in [3.8, 4) is 35.4 Å². The van der Waals surface area contributed by atoms with Crippen molar-refractivity contribution >= 4 is 39.3 Å². The van der Waals surface area contributed by atoms with Crippen LogP contribution in [0.3, 0.4) is 0 Å². The fourth-order valence-corrected chi connectivity index (χ4v) is 9.62. The van der Waals surface area contributed by atoms with Crippen molar-refractivity contribution in [1.29, 1.82) is 0 Å². The second-order valence-corrected chi connectivity index (χ2v) is 14.9. The van der Waals surface area contributed by atoms with Crippen molar-refractivity contribution in [2.45, 2.75) is 68.3 Å². The van der Waals surface area contributed by atoms with Gasteiger partial charge in [0.1, 0.15) is 35.2 Å². The first-order valence-corrected chi connectivity index (χ1v) is 17.7. The third kappa shape index (κ3) is 5.25. The highest BCUT2D eigenvalue weighted by Gasteiger charge is 2.49. The van der Waals surface area contributed by atoms with Gasteiger partial charge in [0, 0.05) is 54.1 Å². The van der Waals surface area contributed by atoms with E-state index in [0.717, 1.165) is 70.5 Å². The van der Waals surface area contributed by atoms with Gasteiger partial charge in [0.05, 0.1) is 16.5 Å². The Morgan fingerprint density at radius 2 is 2.09 bits per heavy atom. The summed E-state index contributed by atoms with van der Waals surface area (Å²) in [5.74, 6) is 2.69. The molecular weight excluding hydrogens is 618 g/mol. The number of phenols is 1. The van der Waals surface area contributed by atoms with E-state index in [0.29, 0.717) is 39.9 Å². The summed E-state index contributed by atoms with van der Waals surface area (Å²) < 4.78 is 38.3. The molecule has 5 saturated heterocycles. The fourth-order valence-electron chi connectivity index (χ4n) is 8.43. The molecule has 7 heterocycles. The number of thioether (sulfide) groups is 1. The van der Waals surface area contributed by atoms with Crippen LogP contribution in [-0.2, 0) is 0 Å². The van der Waals surface area contributed by atoms with E-state index in [4.69, 9.17) is 21.1 Å². The maximum absolute atomic E-state index is 17.0. The lowest BCUT2D eigenvalue weighted by atomic mass is 9.95. The summed E-state index contributed by atoms with van der Waals surface area (Å²) in [6, 6.07) is 6.26. The predicted octanol–water partition coefficient (Wildman–Crippen LogP) is 5.88. The average Bonchev–Trinajstić information content (AvgIpc) is 3.42. The van der Waals surface area contributed by atoms with E-state index in [9.17, 15) is 9.50 Å². The minimum atomic E-state index is -0.700. The van der Waals surface area contributed by atoms with Gasteiger partial charge in [0.2, 0.25) is 0 Å². The van der Waals surface area contributed by atoms with Gasteiger partial charge in [-0.15, -0.1) is 6.42 Å². The molecule has 47 heavy (non-hydrogen) atoms. The molecular formula is C36H38F2N6O2S. The number of phenolic OH excluding ortho intramolecular Hbond substituents is 1. The monoisotopic (exact) mass is 656 g/mol. The molecule has 11 heteroatoms. The smallest absolute Gasteiger partial charge is 0.319 e. The van der Waals surface area contributed by atoms with E-state index < -0.39 is 11.6 Å². The molecule has 2 N–H and O–H groups in total. The summed E-state index contributed by atoms with van der Waals surface area (Å²) in [5, 5.41) is 16.1. The van der Waals surface area contributed by atoms with Crippen LogP contribution >= 0.6 is 11.8 Å². The topological polar surface area (TPSA) is 86.6 Å². The number of pyridine rings is 1. The second kappa shape index (κ2) is 12.1. The Kier molecular flexibility index (Phi) is 7.86. The van der Waals surface area contributed by atoms with E-state index in [1.54, 1.807) is 6.20 Å². The Morgan fingerprint density at radius 1 is 1.19 bits per heavy atom. The minimum absolute atomic E-state index is 0.0178. The van der Waals surface area contributed by atoms with E-state index in [2.05, 4.69) is 32.9 Å². The Morgan fingerprint density at radius 3 is 2.94 bits per heavy atom. The predicted molar refractivity (Wildman–Crippen MR) is 182 cm³/mol. The third-order valence-electron chi connectivity index (χ3n) is 10.6. The normalized spacial score (nSPS) is 25.7. The Labute approximate surface area is 277 Å². The van der Waals surface area contributed by atoms with Crippen LogP contribution in [0, 0.1) is 24.0 Å². The zero-order valence-electron chi connectivity index (χ0n) is 26.4. The van der Waals surface area contributed by atoms with Crippen molar-refractivity contribution in [3.63, 3.8) is 0 Å². The number of anilines is 1. The minimum Gasteiger partial charge on any atom is -0.508 e. The standard InChI is InChI=1S/C36H38F2N6O2S/c1-3-26-29(37)10-9-21-13-24(45)14-27(30(21)26)32-31(38)33-28(17-40-32)34(44-18-22-7-5-8-23(44)16-39-22)42-35(41-33)46-20-36-11-6-12-43(36)19-25(15-36)47-4-2/h1,9-10,13-14,17,22-23,25,39,45H,4-8,11-12,15-16,18-20H2,2H3/t22?,23?,25-,36+/m0/s1. The Bertz CT molecular complexity index is 1910. The summed E-state index contributed by atoms with van der Waals surface area (Å²) in [4.78, 5) is 19.1. The summed E-state index contributed by atoms with van der Waals surface area (Å²) >= 11 is 2.00. The molecule has 2 unspecified atom stereocenters. The molecule has 0 saturated carbocycles. The molecule has 0 spiro atoms. The van der Waals surface area contributed by atoms with Crippen LogP contribution in [0.2, 0.25) is 0 Å². The second-order valence-electron chi connectivity index (χ2n) is 13.4. The lowest BCUT2D eigenvalue weighted by Crippen LogP contribution is -2.54. The van der Waals surface area contributed by atoms with Crippen LogP contribution in [0.1, 0.15) is 51.0 Å². The average molecular weight is 657 g/mol. The summed E-state index contributed by atoms with van der Waals surface area (Å²) in [6.45, 7) is 6.32. The van der Waals surface area contributed by atoms with Gasteiger partial charge in [0.15, 0.2) is 5.82 Å². The van der Waals surface area contributed by atoms with E-state index in [1.807, 2.05) is 11.8 Å². The van der Waals surface area contributed by atoms with Gasteiger partial charge in [-0.1, -0.05) is 18.9 Å². The number of terminal acetylenes is 1. The van der Waals surface area contributed by atoms with Crippen LogP contribution in [0.25, 0.3) is 32.9 Å². The van der Waals surface area contributed by atoms with Crippen LogP contribution in [0.5, 0.6) is 11.8 Å². The maximum atomic E-state index is 17.0. The molecule has 0 amide bonds. The lowest BCUT2D eigenvalue weighted by molar-refractivity contribution is 0.108. The Balaban J connectivity index is 1.26. The molecule has 9 rings (SSSR count). The first-order chi connectivity index (χ1) is 22.9. The van der Waals surface area contributed by atoms with Crippen molar-refractivity contribution in [1.82, 2.24) is 25.2 Å². The van der Waals surface area contributed by atoms with Gasteiger partial charge < -0.3 is 20.1 Å². The SMILES string of the molecule is C#Cc1c(F)ccc2cc(O)cc(-c3ncc4c(N5CC6CCCC5CN6)nc(OC[C@]56CCCN5C[C@@H](SCC)C6)nc4c3F)c12. The molecule has 2 bridgehead atoms. The Hall–Kier alpha value is -3.72. The zero-order valence-corrected chi connectivity index (χ0v) is 27.3. The number of hydrogen-bond donors (Lipinski definition) is 2. The number of benzene rings is 2. The van der Waals surface area contributed by atoms with Gasteiger partial charge in [0.25, 0.3) is 0 Å². The molecule has 244 valence electrons. The molecule has 2 aromatic carbocycles. The largest absolute Gasteiger partial charge is 0.508 e. The van der Waals surface area contributed by atoms with Gasteiger partial charge in [-0.3, -0.25) is 9.88 Å². The first kappa shape index (κ1) is 30.6. The van der Waals surface area contributed by atoms with Gasteiger partial charge in [-0.25, -0.2) is 8.78 Å². The molecule has 4 aromatic rings. The third-order valence-corrected chi connectivity index (χ3v) is 11.7. The van der Waals surface area contributed by atoms with Crippen LogP contribution in [-0.4, -0.2) is 86.4 Å². The van der Waals surface area contributed by atoms with Crippen LogP contribution in [0.15, 0.2) is 30.5 Å². The molecule has 0 radical (unpaired) electrons. The molecule has 2 aromatic heterocycles. The number of nitrogens with one attached hydrogen (secondary N) is 1. The molecule has 8 nitrogen and oxygen atoms in total. The molecule has 0 aliphatic carbocycles. The highest BCUT2D eigenvalue weighted by atomic mass is 32.2. The van der Waals surface area contributed by atoms with Gasteiger partial charge >= 0.3 is 6.01 Å².